The van der Waals surface area contributed by atoms with E-state index in [0.717, 1.165) is 231 Å². The highest BCUT2D eigenvalue weighted by molar-refractivity contribution is 7.22. The molecule has 3 amide bonds. The minimum absolute atomic E-state index is 0.146. The van der Waals surface area contributed by atoms with Gasteiger partial charge in [0.05, 0.1) is 72.6 Å². The summed E-state index contributed by atoms with van der Waals surface area (Å²) >= 11 is 1.68. The second-order valence-electron chi connectivity index (χ2n) is 29.9. The number of nitrogens with zero attached hydrogens (tertiary/aromatic N) is 22. The average Bonchev–Trinajstić information content (AvgIpc) is 1.43. The molecule has 624 valence electrons. The molecule has 8 aromatic heterocycles. The lowest BCUT2D eigenvalue weighted by molar-refractivity contribution is -0.112. The molecular weight excluding hydrogens is 1560 g/mol. The number of pyridine rings is 3. The Balaban J connectivity index is 0.000000135. The van der Waals surface area contributed by atoms with E-state index in [4.69, 9.17) is 60.8 Å². The van der Waals surface area contributed by atoms with Gasteiger partial charge in [-0.15, -0.1) is 0 Å². The molecule has 0 atom stereocenters. The Morgan fingerprint density at radius 3 is 1.31 bits per heavy atom. The van der Waals surface area contributed by atoms with Gasteiger partial charge in [0.15, 0.2) is 10.7 Å². The van der Waals surface area contributed by atoms with Crippen LogP contribution in [0.1, 0.15) is 5.56 Å². The molecule has 6 fully saturated rings. The number of ether oxygens (including phenoxy) is 3. The minimum atomic E-state index is -0.269. The number of morpholine rings is 3. The maximum absolute atomic E-state index is 12.3. The number of carbonyl (C=O) groups is 3. The normalized spacial score (nSPS) is 16.3. The number of fused-ring (bicyclic) bond motifs is 3. The number of benzene rings is 3. The molecule has 3 aromatic carbocycles. The van der Waals surface area contributed by atoms with E-state index in [1.54, 1.807) is 66.7 Å². The van der Waals surface area contributed by atoms with Crippen molar-refractivity contribution < 1.29 is 33.0 Å². The molecule has 11 aromatic rings. The number of thiazole rings is 1. The fraction of sp³-hybridized carbons (Fsp3) is 0.329. The van der Waals surface area contributed by atoms with E-state index in [0.29, 0.717) is 69.0 Å². The van der Waals surface area contributed by atoms with Gasteiger partial charge in [-0.2, -0.15) is 4.98 Å². The van der Waals surface area contributed by atoms with Crippen LogP contribution in [0.2, 0.25) is 0 Å². The zero-order valence-electron chi connectivity index (χ0n) is 67.6. The summed E-state index contributed by atoms with van der Waals surface area (Å²) in [5.41, 5.74) is 31.8. The van der Waals surface area contributed by atoms with Crippen molar-refractivity contribution in [3.8, 4) is 33.8 Å². The van der Waals surface area contributed by atoms with E-state index in [1.807, 2.05) is 67.5 Å². The molecule has 36 heteroatoms. The van der Waals surface area contributed by atoms with Gasteiger partial charge < -0.3 is 101 Å². The molecule has 0 bridgehead atoms. The van der Waals surface area contributed by atoms with Crippen LogP contribution in [0.4, 0.5) is 86.3 Å². The summed E-state index contributed by atoms with van der Waals surface area (Å²) in [5.74, 6) is 3.91. The van der Waals surface area contributed by atoms with E-state index < -0.39 is 0 Å². The third-order valence-corrected chi connectivity index (χ3v) is 22.6. The second-order valence-corrected chi connectivity index (χ2v) is 30.9. The van der Waals surface area contributed by atoms with Gasteiger partial charge in [0.25, 0.3) is 6.01 Å². The number of rotatable bonds is 19. The first-order valence-electron chi connectivity index (χ1n) is 40.3. The Labute approximate surface area is 703 Å². The lowest BCUT2D eigenvalue weighted by Crippen LogP contribution is -2.49. The Morgan fingerprint density at radius 2 is 0.851 bits per heavy atom. The van der Waals surface area contributed by atoms with E-state index in [-0.39, 0.29) is 35.6 Å². The van der Waals surface area contributed by atoms with Gasteiger partial charge in [-0.1, -0.05) is 36.6 Å². The van der Waals surface area contributed by atoms with Gasteiger partial charge in [0.1, 0.15) is 28.8 Å². The second kappa shape index (κ2) is 37.6. The molecule has 0 aliphatic carbocycles. The zero-order chi connectivity index (χ0) is 83.3. The summed E-state index contributed by atoms with van der Waals surface area (Å²) in [4.78, 5) is 113. The molecule has 7 aliphatic rings. The number of aliphatic imine (C=N–C) groups is 1. The van der Waals surface area contributed by atoms with Crippen LogP contribution in [0.15, 0.2) is 175 Å². The van der Waals surface area contributed by atoms with Crippen molar-refractivity contribution in [3.05, 3.63) is 171 Å². The Kier molecular flexibility index (Phi) is 25.2. The smallest absolute Gasteiger partial charge is 0.298 e. The topological polar surface area (TPSA) is 393 Å². The number of hydrogen-bond acceptors (Lipinski definition) is 33. The number of amidine groups is 1. The lowest BCUT2D eigenvalue weighted by Gasteiger charge is -2.38. The number of nitrogens with one attached hydrogen (secondary N) is 3. The maximum Gasteiger partial charge on any atom is 0.298 e. The summed E-state index contributed by atoms with van der Waals surface area (Å²) in [6, 6.07) is 30.5. The molecule has 0 radical (unpaired) electrons. The molecule has 9 N–H and O–H groups in total. The molecule has 7 aliphatic heterocycles. The zero-order valence-corrected chi connectivity index (χ0v) is 68.4. The summed E-state index contributed by atoms with van der Waals surface area (Å²) in [6.07, 6.45) is 17.0. The van der Waals surface area contributed by atoms with Crippen molar-refractivity contribution in [1.82, 2.24) is 64.6 Å². The van der Waals surface area contributed by atoms with Crippen LogP contribution in [0.3, 0.4) is 0 Å². The summed E-state index contributed by atoms with van der Waals surface area (Å²) in [7, 11) is 3.93. The average molecular weight is 1650 g/mol. The standard InChI is InChI=1S/C30H36N10O2S.C28H31N9O2.C27H29N9O3/c1-37(2)7-3-4-28(41)34-22-5-6-26-25(16-22)36-30(43-26)40-10-8-38(9-11-40)23-17-24(21-19-32-29(31)33-20-21)35-27(18-23)39-12-14-42-15-13-39;1-2-27(38)32-21-4-3-19-13-25(33-23(19)14-21)36-7-5-35(6-8-36)22-15-24(20-17-30-28(29)31-18-20)34-26(16-22)37-9-11-39-12-10-37;1-2-25(37)31-19-3-4-23-22(13-19)33-27(39-23)36-7-5-34(6-8-36)20-14-21(18-16-29-26(28)30-17-18)32-24(15-20)35-9-11-38-12-10-35/h3-6,16-20H,7-15H2,1-2H3,(H,34,41)(H2,31,32,33);2-4,14-18H,1,5-13H2,(H,32,38)(H2,29,30,31);2-4,13-17H,1,5-12H2,(H,31,37)(H2,28,29,30)/b4-3+;;. The van der Waals surface area contributed by atoms with E-state index in [9.17, 15) is 14.4 Å². The molecule has 15 heterocycles. The quantitative estimate of drug-likeness (QED) is 0.0417. The van der Waals surface area contributed by atoms with Gasteiger partial charge in [-0.3, -0.25) is 14.4 Å². The Bertz CT molecular complexity index is 5570. The van der Waals surface area contributed by atoms with Crippen molar-refractivity contribution in [1.29, 1.82) is 0 Å². The fourth-order valence-electron chi connectivity index (χ4n) is 14.9. The van der Waals surface area contributed by atoms with Crippen molar-refractivity contribution in [2.24, 2.45) is 4.99 Å². The summed E-state index contributed by atoms with van der Waals surface area (Å²) in [6.45, 7) is 26.5. The highest BCUT2D eigenvalue weighted by Gasteiger charge is 2.30. The number of oxazole rings is 1. The van der Waals surface area contributed by atoms with Crippen LogP contribution in [-0.2, 0) is 35.0 Å². The number of amides is 3. The fourth-order valence-corrected chi connectivity index (χ4v) is 15.9. The summed E-state index contributed by atoms with van der Waals surface area (Å²) in [5, 5.41) is 9.50. The number of likely N-dealkylation sites (N-methyl/N-ethyl adjacent to an activating group) is 1. The van der Waals surface area contributed by atoms with E-state index in [1.165, 1.54) is 17.7 Å². The highest BCUT2D eigenvalue weighted by Crippen LogP contribution is 2.38. The van der Waals surface area contributed by atoms with Crippen molar-refractivity contribution in [2.75, 3.05) is 250 Å². The SMILES string of the molecule is C=CC(=O)Nc1ccc2c(c1)N=C(N1CCN(c3cc(-c4cnc(N)nc4)nc(N4CCOCC4)c3)CC1)C2.C=CC(=O)Nc1ccc2oc(N3CCN(c4cc(-c5cnc(N)nc5)nc(N5CCOCC5)c4)CC3)nc2c1.CN(C)C/C=C/C(=O)Nc1ccc2sc(N3CCN(c4cc(-c5cnc(N)nc5)nc(N5CCOCC5)c4)CC3)nc2c1. The molecule has 0 spiro atoms. The number of anilines is 14. The van der Waals surface area contributed by atoms with E-state index >= 15 is 0 Å². The molecule has 121 heavy (non-hydrogen) atoms. The van der Waals surface area contributed by atoms with Crippen molar-refractivity contribution in [2.45, 2.75) is 6.42 Å². The minimum Gasteiger partial charge on any atom is -0.423 e. The van der Waals surface area contributed by atoms with Gasteiger partial charge in [0, 0.05) is 243 Å². The number of aromatic nitrogens is 11. The van der Waals surface area contributed by atoms with Gasteiger partial charge in [-0.25, -0.2) is 54.8 Å². The van der Waals surface area contributed by atoms with E-state index in [2.05, 4.69) is 144 Å². The van der Waals surface area contributed by atoms with Crippen LogP contribution < -0.4 is 72.4 Å². The molecule has 0 saturated carbocycles. The third-order valence-electron chi connectivity index (χ3n) is 21.5. The first-order chi connectivity index (χ1) is 59.0. The number of piperazine rings is 3. The number of nitrogen functional groups attached to an aromatic ring is 3. The molecule has 18 rings (SSSR count). The third kappa shape index (κ3) is 20.3. The first-order valence-corrected chi connectivity index (χ1v) is 41.1. The first kappa shape index (κ1) is 81.2. The number of nitrogens with two attached hydrogens (primary N) is 3. The van der Waals surface area contributed by atoms with Crippen molar-refractivity contribution in [3.63, 3.8) is 0 Å². The molecule has 35 nitrogen and oxygen atoms in total. The van der Waals surface area contributed by atoms with Gasteiger partial charge in [-0.05, 0) is 98.5 Å². The van der Waals surface area contributed by atoms with Crippen LogP contribution >= 0.6 is 11.3 Å². The van der Waals surface area contributed by atoms with Gasteiger partial charge >= 0.3 is 0 Å². The highest BCUT2D eigenvalue weighted by atomic mass is 32.1. The monoisotopic (exact) mass is 1650 g/mol. The number of carbonyl (C=O) groups excluding carboxylic acids is 3. The van der Waals surface area contributed by atoms with Crippen LogP contribution in [0.25, 0.3) is 55.1 Å². The Morgan fingerprint density at radius 1 is 0.446 bits per heavy atom. The van der Waals surface area contributed by atoms with Crippen LogP contribution in [0.5, 0.6) is 0 Å². The number of hydrogen-bond donors (Lipinski definition) is 6. The molecular formula is C85H96N28O7S. The van der Waals surface area contributed by atoms with Crippen molar-refractivity contribution >= 4 is 142 Å². The van der Waals surface area contributed by atoms with Crippen LogP contribution in [-0.4, -0.2) is 266 Å². The molecule has 0 unspecified atom stereocenters. The lowest BCUT2D eigenvalue weighted by atomic mass is 10.1. The largest absolute Gasteiger partial charge is 0.423 e. The molecule has 6 saturated heterocycles. The predicted molar refractivity (Wildman–Crippen MR) is 476 cm³/mol. The summed E-state index contributed by atoms with van der Waals surface area (Å²) < 4.78 is 23.8. The predicted octanol–water partition coefficient (Wildman–Crippen LogP) is 7.99. The Hall–Kier alpha value is -13.6. The van der Waals surface area contributed by atoms with Gasteiger partial charge in [0.2, 0.25) is 35.6 Å². The van der Waals surface area contributed by atoms with Crippen LogP contribution in [0, 0.1) is 0 Å². The maximum atomic E-state index is 12.3.